The van der Waals surface area contributed by atoms with E-state index in [1.165, 1.54) is 28.9 Å². The summed E-state index contributed by atoms with van der Waals surface area (Å²) in [6.45, 7) is 0. The number of thiophene rings is 1. The van der Waals surface area contributed by atoms with E-state index in [2.05, 4.69) is 9.97 Å². The molecular weight excluding hydrogens is 504 g/mol. The van der Waals surface area contributed by atoms with E-state index in [0.717, 1.165) is 34.1 Å². The highest BCUT2D eigenvalue weighted by Gasteiger charge is 2.25. The maximum absolute atomic E-state index is 13.1. The monoisotopic (exact) mass is 528 g/mol. The van der Waals surface area contributed by atoms with Gasteiger partial charge in [0.05, 0.1) is 23.8 Å². The number of hydrogen-bond donors (Lipinski definition) is 1. The highest BCUT2D eigenvalue weighted by Crippen LogP contribution is 2.41. The van der Waals surface area contributed by atoms with E-state index in [4.69, 9.17) is 0 Å². The average Bonchev–Trinajstić information content (AvgIpc) is 3.51. The van der Waals surface area contributed by atoms with Crippen molar-refractivity contribution in [2.45, 2.75) is 4.21 Å². The summed E-state index contributed by atoms with van der Waals surface area (Å²) in [6.07, 6.45) is 2.68. The van der Waals surface area contributed by atoms with E-state index in [1.807, 2.05) is 36.4 Å². The lowest BCUT2D eigenvalue weighted by molar-refractivity contribution is 0.596. The number of fused-ring (bicyclic) bond motifs is 3. The van der Waals surface area contributed by atoms with Gasteiger partial charge >= 0.3 is 0 Å². The highest BCUT2D eigenvalue weighted by molar-refractivity contribution is 7.94. The fourth-order valence-corrected chi connectivity index (χ4v) is 6.87. The third-order valence-electron chi connectivity index (χ3n) is 5.96. The van der Waals surface area contributed by atoms with E-state index < -0.39 is 20.0 Å². The number of nitrogens with one attached hydrogen (secondary N) is 1. The van der Waals surface area contributed by atoms with Crippen LogP contribution < -0.4 is 8.61 Å². The Morgan fingerprint density at radius 1 is 0.943 bits per heavy atom. The van der Waals surface area contributed by atoms with Crippen LogP contribution in [0.25, 0.3) is 33.1 Å². The van der Waals surface area contributed by atoms with Crippen LogP contribution in [0.3, 0.4) is 0 Å². The van der Waals surface area contributed by atoms with Gasteiger partial charge in [0.25, 0.3) is 10.0 Å². The van der Waals surface area contributed by atoms with Gasteiger partial charge in [-0.15, -0.1) is 11.3 Å². The first-order valence-electron chi connectivity index (χ1n) is 10.6. The number of H-pyrrole nitrogens is 1. The Labute approximate surface area is 209 Å². The number of aromatic amines is 1. The van der Waals surface area contributed by atoms with Crippen LogP contribution >= 0.6 is 11.3 Å². The van der Waals surface area contributed by atoms with E-state index in [1.54, 1.807) is 29.6 Å². The molecule has 0 aliphatic rings. The molecule has 5 rings (SSSR count). The molecule has 0 fully saturated rings. The zero-order valence-corrected chi connectivity index (χ0v) is 21.6. The highest BCUT2D eigenvalue weighted by atomic mass is 32.2. The number of pyridine rings is 1. The van der Waals surface area contributed by atoms with Crippen molar-refractivity contribution in [3.8, 4) is 11.1 Å². The van der Waals surface area contributed by atoms with Gasteiger partial charge in [-0.05, 0) is 35.2 Å². The van der Waals surface area contributed by atoms with Gasteiger partial charge in [-0.1, -0.05) is 36.4 Å². The molecule has 0 aliphatic heterocycles. The van der Waals surface area contributed by atoms with Gasteiger partial charge in [0, 0.05) is 37.4 Å². The van der Waals surface area contributed by atoms with Crippen molar-refractivity contribution in [1.29, 1.82) is 0 Å². The molecular formula is C24H24N4O4S3. The Morgan fingerprint density at radius 3 is 2.34 bits per heavy atom. The molecule has 5 aromatic rings. The molecule has 3 aromatic heterocycles. The molecule has 0 spiro atoms. The molecule has 0 aliphatic carbocycles. The van der Waals surface area contributed by atoms with Gasteiger partial charge in [0.1, 0.15) is 9.86 Å². The number of hydrogen-bond acceptors (Lipinski definition) is 6. The molecule has 0 bridgehead atoms. The second-order valence-electron chi connectivity index (χ2n) is 8.10. The molecule has 2 aromatic carbocycles. The van der Waals surface area contributed by atoms with E-state index in [9.17, 15) is 16.8 Å². The fraction of sp³-hybridized carbons (Fsp3) is 0.125. The quantitative estimate of drug-likeness (QED) is 0.337. The maximum atomic E-state index is 13.1. The Bertz CT molecular complexity index is 1770. The molecule has 0 atom stereocenters. The summed E-state index contributed by atoms with van der Waals surface area (Å²) >= 11 is 1.16. The molecule has 3 heterocycles. The van der Waals surface area contributed by atoms with E-state index in [-0.39, 0.29) is 5.64 Å². The smallest absolute Gasteiger partial charge is 0.273 e. The molecule has 0 saturated carbocycles. The van der Waals surface area contributed by atoms with Crippen LogP contribution in [0.15, 0.2) is 76.4 Å². The number of benzene rings is 2. The first-order chi connectivity index (χ1) is 16.6. The summed E-state index contributed by atoms with van der Waals surface area (Å²) in [7, 11) is -4.27. The summed E-state index contributed by atoms with van der Waals surface area (Å²) in [4.78, 5) is 7.79. The van der Waals surface area contributed by atoms with E-state index >= 15 is 0 Å². The van der Waals surface area contributed by atoms with Gasteiger partial charge in [-0.2, -0.15) is 0 Å². The number of sulfonamides is 2. The molecule has 1 N–H and O–H groups in total. The van der Waals surface area contributed by atoms with Crippen molar-refractivity contribution >= 4 is 64.7 Å². The Balaban J connectivity index is 0.00000304. The zero-order chi connectivity index (χ0) is 25.0. The van der Waals surface area contributed by atoms with Crippen LogP contribution in [0.1, 0.15) is 1.43 Å². The normalized spacial score (nSPS) is 12.3. The lowest BCUT2D eigenvalue weighted by atomic mass is 9.99. The van der Waals surface area contributed by atoms with Gasteiger partial charge in [0.15, 0.2) is 0 Å². The van der Waals surface area contributed by atoms with Crippen molar-refractivity contribution in [2.75, 3.05) is 29.0 Å². The number of anilines is 2. The fourth-order valence-electron chi connectivity index (χ4n) is 4.03. The minimum absolute atomic E-state index is 0. The molecule has 0 radical (unpaired) electrons. The lowest BCUT2D eigenvalue weighted by Gasteiger charge is -2.21. The van der Waals surface area contributed by atoms with Crippen molar-refractivity contribution in [3.05, 3.63) is 72.2 Å². The third-order valence-corrected chi connectivity index (χ3v) is 10.3. The number of aromatic nitrogens is 2. The van der Waals surface area contributed by atoms with Crippen molar-refractivity contribution in [3.63, 3.8) is 0 Å². The van der Waals surface area contributed by atoms with Crippen molar-refractivity contribution in [1.82, 2.24) is 9.97 Å². The molecule has 0 unspecified atom stereocenters. The minimum Gasteiger partial charge on any atom is -0.339 e. The zero-order valence-electron chi connectivity index (χ0n) is 19.1. The van der Waals surface area contributed by atoms with Crippen LogP contribution in [-0.2, 0) is 20.0 Å². The minimum atomic E-state index is -3.72. The first-order valence-corrected chi connectivity index (χ1v) is 14.7. The topological polar surface area (TPSA) is 103 Å². The Hall–Kier alpha value is -3.41. The maximum Gasteiger partial charge on any atom is 0.273 e. The third kappa shape index (κ3) is 3.95. The van der Waals surface area contributed by atoms with Crippen molar-refractivity contribution < 1.29 is 18.3 Å². The second kappa shape index (κ2) is 8.36. The summed E-state index contributed by atoms with van der Waals surface area (Å²) in [5, 5.41) is 3.17. The predicted molar refractivity (Wildman–Crippen MR) is 144 cm³/mol. The van der Waals surface area contributed by atoms with Gasteiger partial charge < -0.3 is 4.98 Å². The summed E-state index contributed by atoms with van der Waals surface area (Å²) in [5.74, 6) is 0. The summed E-state index contributed by atoms with van der Waals surface area (Å²) in [6, 6.07) is 18.1. The lowest BCUT2D eigenvalue weighted by Crippen LogP contribution is -2.25. The predicted octanol–water partition coefficient (Wildman–Crippen LogP) is 4.91. The van der Waals surface area contributed by atoms with Gasteiger partial charge in [-0.3, -0.25) is 8.61 Å². The largest absolute Gasteiger partial charge is 0.339 e. The van der Waals surface area contributed by atoms with Crippen LogP contribution in [0, 0.1) is 0 Å². The number of nitrogens with zero attached hydrogens (tertiary/aromatic N) is 3. The Morgan fingerprint density at radius 2 is 1.69 bits per heavy atom. The molecule has 0 saturated heterocycles. The van der Waals surface area contributed by atoms with Crippen LogP contribution in [0.2, 0.25) is 0 Å². The van der Waals surface area contributed by atoms with Crippen LogP contribution in [-0.4, -0.2) is 47.2 Å². The van der Waals surface area contributed by atoms with Crippen LogP contribution in [0.4, 0.5) is 11.4 Å². The molecule has 182 valence electrons. The SMILES string of the molecule is CN(c1cnc2[nH]c3ccc(N(C)S(=O)(=O)c4cccs4)cc3c2c1-c1ccccc1)S(C)(=O)=O.[HH]. The van der Waals surface area contributed by atoms with Crippen LogP contribution in [0.5, 0.6) is 0 Å². The molecule has 8 nitrogen and oxygen atoms in total. The average molecular weight is 529 g/mol. The van der Waals surface area contributed by atoms with Crippen molar-refractivity contribution in [2.24, 2.45) is 0 Å². The molecule has 11 heteroatoms. The van der Waals surface area contributed by atoms with Gasteiger partial charge in [0.2, 0.25) is 10.0 Å². The summed E-state index contributed by atoms with van der Waals surface area (Å²) in [5.41, 5.74) is 3.75. The van der Waals surface area contributed by atoms with Gasteiger partial charge in [-0.25, -0.2) is 21.8 Å². The molecule has 35 heavy (non-hydrogen) atoms. The molecule has 0 amide bonds. The Kier molecular flexibility index (Phi) is 5.58. The van der Waals surface area contributed by atoms with E-state index in [0.29, 0.717) is 28.0 Å². The number of rotatable bonds is 6. The standard InChI is InChI=1S/C24H22N4O4S3.H2/c1-27(35(31,32)21-10-7-13-33-21)17-11-12-19-18(14-17)23-22(16-8-5-4-6-9-16)20(15-25-24(23)26-19)28(2)34(3,29)30;/h4-15H,1-3H3,(H,25,26);1H. The first kappa shape index (κ1) is 23.3. The summed E-state index contributed by atoms with van der Waals surface area (Å²) < 4.78 is 53.8. The second-order valence-corrected chi connectivity index (χ2v) is 13.3.